The molecule has 8 heteroatoms. The van der Waals surface area contributed by atoms with Crippen LogP contribution < -0.4 is 34.7 Å². The molecule has 0 amide bonds. The molecule has 4 nitrogen and oxygen atoms in total. The summed E-state index contributed by atoms with van der Waals surface area (Å²) in [5, 5.41) is 22.3. The summed E-state index contributed by atoms with van der Waals surface area (Å²) in [6.07, 6.45) is 6.27. The molecule has 1 aromatic heterocycles. The number of hydrogen-bond donors (Lipinski definition) is 2. The number of rotatable bonds is 10. The quantitative estimate of drug-likeness (QED) is 0.204. The summed E-state index contributed by atoms with van der Waals surface area (Å²) in [5.41, 5.74) is 5.01. The Hall–Kier alpha value is -2.19. The molecule has 3 aromatic carbocycles. The van der Waals surface area contributed by atoms with Crippen molar-refractivity contribution in [2.45, 2.75) is 57.7 Å². The smallest absolute Gasteiger partial charge is 0.550 e. The monoisotopic (exact) mass is 627 g/mol. The Labute approximate surface area is 286 Å². The van der Waals surface area contributed by atoms with Gasteiger partial charge in [0.2, 0.25) is 0 Å². The Morgan fingerprint density at radius 2 is 1.81 bits per heavy atom. The molecule has 0 saturated heterocycles. The molecular formula is C35H36ClFNNaO3S. The van der Waals surface area contributed by atoms with E-state index >= 15 is 0 Å². The topological polar surface area (TPSA) is 73.2 Å². The molecule has 0 bridgehead atoms. The Morgan fingerprint density at radius 3 is 2.47 bits per heavy atom. The molecule has 0 unspecified atom stereocenters. The molecule has 1 N–H and O–H groups in total. The number of carbonyl (C=O) groups excluding carboxylic acids is 1. The summed E-state index contributed by atoms with van der Waals surface area (Å²) in [6.45, 7) is 3.70. The van der Waals surface area contributed by atoms with Gasteiger partial charge in [-0.1, -0.05) is 78.3 Å². The second-order valence-corrected chi connectivity index (χ2v) is 12.2. The van der Waals surface area contributed by atoms with E-state index in [4.69, 9.17) is 16.6 Å². The number of aryl methyl sites for hydroxylation is 2. The van der Waals surface area contributed by atoms with E-state index in [-0.39, 0.29) is 36.0 Å². The van der Waals surface area contributed by atoms with Crippen molar-refractivity contribution in [3.8, 4) is 0 Å². The number of pyridine rings is 1. The fourth-order valence-corrected chi connectivity index (χ4v) is 5.64. The fraction of sp³-hybridized carbons (Fsp3) is 0.314. The second kappa shape index (κ2) is 15.7. The molecule has 1 aliphatic carbocycles. The molecule has 43 heavy (non-hydrogen) atoms. The van der Waals surface area contributed by atoms with Gasteiger partial charge in [-0.2, -0.15) is 12.6 Å². The number of fused-ring (bicyclic) bond motifs is 1. The van der Waals surface area contributed by atoms with Crippen LogP contribution >= 0.6 is 24.2 Å². The van der Waals surface area contributed by atoms with Gasteiger partial charge in [0.25, 0.3) is 0 Å². The maximum absolute atomic E-state index is 12.5. The van der Waals surface area contributed by atoms with E-state index in [1.807, 2.05) is 62.4 Å². The van der Waals surface area contributed by atoms with Crippen LogP contribution in [0.25, 0.3) is 23.1 Å². The van der Waals surface area contributed by atoms with Crippen molar-refractivity contribution in [1.82, 2.24) is 4.98 Å². The Balaban J connectivity index is 0.000000392. The summed E-state index contributed by atoms with van der Waals surface area (Å²) in [5.74, 6) is -0.892. The van der Waals surface area contributed by atoms with Crippen LogP contribution in [0, 0.1) is 5.41 Å². The van der Waals surface area contributed by atoms with Crippen molar-refractivity contribution >= 4 is 53.3 Å². The summed E-state index contributed by atoms with van der Waals surface area (Å²) in [6, 6.07) is 26.7. The van der Waals surface area contributed by atoms with E-state index in [1.54, 1.807) is 0 Å². The van der Waals surface area contributed by atoms with Crippen LogP contribution in [0.3, 0.4) is 0 Å². The van der Waals surface area contributed by atoms with Gasteiger partial charge in [0.05, 0.1) is 16.8 Å². The third-order valence-electron chi connectivity index (χ3n) is 7.56. The number of carboxylic acids is 1. The number of aromatic nitrogens is 1. The minimum Gasteiger partial charge on any atom is -0.550 e. The normalized spacial score (nSPS) is 17.7. The zero-order valence-electron chi connectivity index (χ0n) is 24.9. The van der Waals surface area contributed by atoms with Crippen LogP contribution in [0.15, 0.2) is 78.9 Å². The molecule has 1 aliphatic rings. The number of nitrogens with zero attached hydrogens (tertiary/aromatic N) is 1. The largest absolute Gasteiger partial charge is 1.00 e. The molecule has 2 atom stereocenters. The second-order valence-electron chi connectivity index (χ2n) is 11.5. The van der Waals surface area contributed by atoms with E-state index in [9.17, 15) is 19.4 Å². The van der Waals surface area contributed by atoms with Crippen molar-refractivity contribution in [2.24, 2.45) is 5.41 Å². The maximum Gasteiger partial charge on any atom is 1.00 e. The van der Waals surface area contributed by atoms with Crippen LogP contribution in [-0.4, -0.2) is 28.0 Å². The van der Waals surface area contributed by atoms with Crippen LogP contribution in [-0.2, 0) is 23.2 Å². The van der Waals surface area contributed by atoms with Gasteiger partial charge < -0.3 is 15.0 Å². The van der Waals surface area contributed by atoms with E-state index in [1.165, 1.54) is 11.1 Å². The Morgan fingerprint density at radius 1 is 1.09 bits per heavy atom. The summed E-state index contributed by atoms with van der Waals surface area (Å²) >= 11 is 9.97. The molecule has 0 radical (unpaired) electrons. The zero-order valence-corrected chi connectivity index (χ0v) is 28.5. The van der Waals surface area contributed by atoms with Crippen molar-refractivity contribution in [1.29, 1.82) is 0 Å². The van der Waals surface area contributed by atoms with E-state index in [0.717, 1.165) is 47.0 Å². The minimum absolute atomic E-state index is 0. The van der Waals surface area contributed by atoms with Gasteiger partial charge >= 0.3 is 29.6 Å². The third kappa shape index (κ3) is 10.2. The maximum atomic E-state index is 12.5. The number of thiol groups is 1. The molecular weight excluding hydrogens is 592 g/mol. The van der Waals surface area contributed by atoms with Gasteiger partial charge in [0, 0.05) is 21.8 Å². The van der Waals surface area contributed by atoms with Crippen molar-refractivity contribution in [2.75, 3.05) is 5.75 Å². The predicted molar refractivity (Wildman–Crippen MR) is 171 cm³/mol. The predicted octanol–water partition coefficient (Wildman–Crippen LogP) is 4.25. The molecule has 1 heterocycles. The van der Waals surface area contributed by atoms with Gasteiger partial charge in [-0.3, -0.25) is 0 Å². The Kier molecular flexibility index (Phi) is 12.9. The summed E-state index contributed by atoms with van der Waals surface area (Å²) < 4.78 is 12.5. The first-order valence-corrected chi connectivity index (χ1v) is 15.1. The third-order valence-corrected chi connectivity index (χ3v) is 8.43. The Bertz CT molecular complexity index is 1570. The van der Waals surface area contributed by atoms with Gasteiger partial charge in [0.1, 0.15) is 6.17 Å². The number of aliphatic hydroxyl groups is 1. The first-order chi connectivity index (χ1) is 20.0. The molecule has 4 aromatic rings. The fourth-order valence-electron chi connectivity index (χ4n) is 5.04. The van der Waals surface area contributed by atoms with Crippen molar-refractivity contribution in [3.63, 3.8) is 0 Å². The minimum atomic E-state index is -1.19. The molecule has 0 aliphatic heterocycles. The first kappa shape index (κ1) is 35.3. The van der Waals surface area contributed by atoms with E-state index in [0.29, 0.717) is 17.2 Å². The van der Waals surface area contributed by atoms with Crippen LogP contribution in [0.4, 0.5) is 4.39 Å². The summed E-state index contributed by atoms with van der Waals surface area (Å²) in [4.78, 5) is 14.7. The number of benzene rings is 3. The van der Waals surface area contributed by atoms with Gasteiger partial charge in [-0.05, 0) is 98.2 Å². The standard InChI is InChI=1S/C29H28ClNO.C6H9FO2S.Na/c1-29(2,32)27-12-4-3-10-23(27)11-6-9-21-7-5-8-22(19-21)13-17-26-18-15-24-14-16-25(30)20-28(24)31-26;7-4-1-6(4,3-10)2-5(8)9;/h3-5,7-8,10,12-20,32H,6,9,11H2,1-2H3;4,10H,1-3H2,(H,8,9);/q;;+1/p-1/b17-13+;;/t;4-,6+;/m.0./s1. The average molecular weight is 628 g/mol. The van der Waals surface area contributed by atoms with Crippen LogP contribution in [0.1, 0.15) is 61.1 Å². The average Bonchev–Trinajstić information content (AvgIpc) is 3.59. The zero-order chi connectivity index (χ0) is 30.3. The summed E-state index contributed by atoms with van der Waals surface area (Å²) in [7, 11) is 0. The SMILES string of the molecule is CC(C)(O)c1ccccc1CCCc1cccc(/C=C/c2ccc3ccc(Cl)cc3n2)c1.O=C([O-])C[C@@]1(CS)C[C@@H]1F.[Na+]. The van der Waals surface area contributed by atoms with Crippen molar-refractivity contribution in [3.05, 3.63) is 112 Å². The molecule has 5 rings (SSSR count). The van der Waals surface area contributed by atoms with Gasteiger partial charge in [-0.15, -0.1) is 0 Å². The molecule has 220 valence electrons. The number of alkyl halides is 1. The van der Waals surface area contributed by atoms with E-state index < -0.39 is 23.2 Å². The molecule has 1 fully saturated rings. The van der Waals surface area contributed by atoms with Gasteiger partial charge in [0.15, 0.2) is 0 Å². The van der Waals surface area contributed by atoms with E-state index in [2.05, 4.69) is 55.1 Å². The molecule has 1 saturated carbocycles. The van der Waals surface area contributed by atoms with Crippen LogP contribution in [0.5, 0.6) is 0 Å². The number of aliphatic carboxylic acids is 1. The number of carboxylic acid groups (broad SMARTS) is 1. The molecule has 0 spiro atoms. The van der Waals surface area contributed by atoms with Gasteiger partial charge in [-0.25, -0.2) is 9.37 Å². The number of carbonyl (C=O) groups is 1. The first-order valence-electron chi connectivity index (χ1n) is 14.1. The number of halogens is 2. The van der Waals surface area contributed by atoms with Crippen molar-refractivity contribution < 1.29 is 49.0 Å². The van der Waals surface area contributed by atoms with Crippen LogP contribution in [0.2, 0.25) is 5.02 Å². The number of hydrogen-bond acceptors (Lipinski definition) is 5.